The number of rotatable bonds is 5. The molecule has 0 atom stereocenters. The van der Waals surface area contributed by atoms with Crippen LogP contribution in [0.2, 0.25) is 0 Å². The van der Waals surface area contributed by atoms with Crippen molar-refractivity contribution in [1.29, 1.82) is 0 Å². The lowest BCUT2D eigenvalue weighted by Gasteiger charge is -2.24. The number of hydrogen-bond acceptors (Lipinski definition) is 3. The molecule has 1 heterocycles. The first kappa shape index (κ1) is 13.7. The standard InChI is InChI=1S/C12H21N3O2/c1-4-5-14-11(16)8-15(3)12(17)9(2)10-6-13-7-10/h13H,4-8H2,1-3H3,(H,14,16). The van der Waals surface area contributed by atoms with Crippen LogP contribution in [-0.2, 0) is 9.59 Å². The van der Waals surface area contributed by atoms with E-state index in [4.69, 9.17) is 0 Å². The summed E-state index contributed by atoms with van der Waals surface area (Å²) in [5.74, 6) is -0.166. The largest absolute Gasteiger partial charge is 0.355 e. The second-order valence-electron chi connectivity index (χ2n) is 4.34. The maximum Gasteiger partial charge on any atom is 0.249 e. The van der Waals surface area contributed by atoms with Crippen molar-refractivity contribution in [1.82, 2.24) is 15.5 Å². The van der Waals surface area contributed by atoms with Crippen molar-refractivity contribution in [2.75, 3.05) is 33.2 Å². The Morgan fingerprint density at radius 1 is 1.41 bits per heavy atom. The minimum Gasteiger partial charge on any atom is -0.355 e. The third-order valence-corrected chi connectivity index (χ3v) is 2.83. The van der Waals surface area contributed by atoms with E-state index in [-0.39, 0.29) is 18.4 Å². The van der Waals surface area contributed by atoms with Crippen molar-refractivity contribution in [2.24, 2.45) is 0 Å². The Morgan fingerprint density at radius 2 is 2.06 bits per heavy atom. The molecule has 1 aliphatic rings. The Balaban J connectivity index is 2.44. The smallest absolute Gasteiger partial charge is 0.249 e. The van der Waals surface area contributed by atoms with Gasteiger partial charge in [0.25, 0.3) is 0 Å². The molecule has 1 saturated heterocycles. The van der Waals surface area contributed by atoms with E-state index in [1.54, 1.807) is 7.05 Å². The maximum absolute atomic E-state index is 11.9. The maximum atomic E-state index is 11.9. The molecule has 5 nitrogen and oxygen atoms in total. The molecule has 1 aliphatic heterocycles. The van der Waals surface area contributed by atoms with Gasteiger partial charge in [-0.05, 0) is 18.9 Å². The van der Waals surface area contributed by atoms with E-state index in [9.17, 15) is 9.59 Å². The normalized spacial score (nSPS) is 13.9. The molecule has 0 aromatic heterocycles. The SMILES string of the molecule is CCCNC(=O)CN(C)C(=O)C(C)=C1CNC1. The average molecular weight is 239 g/mol. The first-order valence-corrected chi connectivity index (χ1v) is 5.97. The minimum atomic E-state index is -0.104. The molecule has 0 aromatic carbocycles. The van der Waals surface area contributed by atoms with Crippen LogP contribution >= 0.6 is 0 Å². The molecule has 0 spiro atoms. The fourth-order valence-corrected chi connectivity index (χ4v) is 1.56. The summed E-state index contributed by atoms with van der Waals surface area (Å²) < 4.78 is 0. The van der Waals surface area contributed by atoms with Gasteiger partial charge in [0.2, 0.25) is 11.8 Å². The molecule has 0 aromatic rings. The van der Waals surface area contributed by atoms with Crippen LogP contribution < -0.4 is 10.6 Å². The number of carbonyl (C=O) groups is 2. The number of carbonyl (C=O) groups excluding carboxylic acids is 2. The van der Waals surface area contributed by atoms with E-state index in [1.165, 1.54) is 4.90 Å². The van der Waals surface area contributed by atoms with Crippen LogP contribution in [0.4, 0.5) is 0 Å². The Labute approximate surface area is 102 Å². The number of hydrogen-bond donors (Lipinski definition) is 2. The van der Waals surface area contributed by atoms with Gasteiger partial charge in [0.15, 0.2) is 0 Å². The van der Waals surface area contributed by atoms with Gasteiger partial charge < -0.3 is 15.5 Å². The summed E-state index contributed by atoms with van der Waals surface area (Å²) in [6, 6.07) is 0. The van der Waals surface area contributed by atoms with Crippen LogP contribution in [0.3, 0.4) is 0 Å². The molecule has 0 radical (unpaired) electrons. The Bertz CT molecular complexity index is 331. The zero-order valence-electron chi connectivity index (χ0n) is 10.8. The van der Waals surface area contributed by atoms with E-state index in [0.29, 0.717) is 6.54 Å². The van der Waals surface area contributed by atoms with Gasteiger partial charge in [0.1, 0.15) is 0 Å². The molecule has 2 N–H and O–H groups in total. The number of amides is 2. The summed E-state index contributed by atoms with van der Waals surface area (Å²) in [5.41, 5.74) is 1.89. The van der Waals surface area contributed by atoms with Gasteiger partial charge in [-0.3, -0.25) is 9.59 Å². The van der Waals surface area contributed by atoms with Crippen LogP contribution in [0.15, 0.2) is 11.1 Å². The fraction of sp³-hybridized carbons (Fsp3) is 0.667. The van der Waals surface area contributed by atoms with Crippen molar-refractivity contribution in [3.8, 4) is 0 Å². The second-order valence-corrected chi connectivity index (χ2v) is 4.34. The number of nitrogens with zero attached hydrogens (tertiary/aromatic N) is 1. The Morgan fingerprint density at radius 3 is 2.53 bits per heavy atom. The summed E-state index contributed by atoms with van der Waals surface area (Å²) in [7, 11) is 1.66. The molecule has 96 valence electrons. The first-order valence-electron chi connectivity index (χ1n) is 5.97. The Hall–Kier alpha value is -1.36. The van der Waals surface area contributed by atoms with Gasteiger partial charge in [-0.25, -0.2) is 0 Å². The highest BCUT2D eigenvalue weighted by molar-refractivity contribution is 5.96. The minimum absolute atomic E-state index is 0.0619. The topological polar surface area (TPSA) is 61.4 Å². The fourth-order valence-electron chi connectivity index (χ4n) is 1.56. The third-order valence-electron chi connectivity index (χ3n) is 2.83. The molecule has 17 heavy (non-hydrogen) atoms. The lowest BCUT2D eigenvalue weighted by molar-refractivity contribution is -0.131. The lowest BCUT2D eigenvalue weighted by Crippen LogP contribution is -2.41. The highest BCUT2D eigenvalue weighted by Gasteiger charge is 2.20. The molecule has 0 unspecified atom stereocenters. The summed E-state index contributed by atoms with van der Waals surface area (Å²) in [6.07, 6.45) is 0.901. The van der Waals surface area contributed by atoms with E-state index < -0.39 is 0 Å². The first-order chi connectivity index (χ1) is 8.06. The van der Waals surface area contributed by atoms with Crippen molar-refractivity contribution < 1.29 is 9.59 Å². The third kappa shape index (κ3) is 3.85. The van der Waals surface area contributed by atoms with Crippen molar-refractivity contribution in [3.63, 3.8) is 0 Å². The summed E-state index contributed by atoms with van der Waals surface area (Å²) in [5, 5.41) is 5.85. The van der Waals surface area contributed by atoms with Gasteiger partial charge in [-0.2, -0.15) is 0 Å². The van der Waals surface area contributed by atoms with Crippen molar-refractivity contribution in [3.05, 3.63) is 11.1 Å². The van der Waals surface area contributed by atoms with Crippen molar-refractivity contribution in [2.45, 2.75) is 20.3 Å². The van der Waals surface area contributed by atoms with E-state index >= 15 is 0 Å². The van der Waals surface area contributed by atoms with Crippen LogP contribution in [0.5, 0.6) is 0 Å². The van der Waals surface area contributed by atoms with E-state index in [2.05, 4.69) is 10.6 Å². The summed E-state index contributed by atoms with van der Waals surface area (Å²) >= 11 is 0. The molecular weight excluding hydrogens is 218 g/mol. The number of likely N-dealkylation sites (N-methyl/N-ethyl adjacent to an activating group) is 1. The molecule has 1 rings (SSSR count). The molecule has 0 bridgehead atoms. The zero-order valence-corrected chi connectivity index (χ0v) is 10.8. The van der Waals surface area contributed by atoms with Gasteiger partial charge in [0, 0.05) is 32.3 Å². The highest BCUT2D eigenvalue weighted by Crippen LogP contribution is 2.10. The van der Waals surface area contributed by atoms with Crippen molar-refractivity contribution >= 4 is 11.8 Å². The summed E-state index contributed by atoms with van der Waals surface area (Å²) in [4.78, 5) is 24.9. The predicted molar refractivity (Wildman–Crippen MR) is 66.5 cm³/mol. The molecule has 0 saturated carbocycles. The molecule has 5 heteroatoms. The quantitative estimate of drug-likeness (QED) is 0.658. The van der Waals surface area contributed by atoms with Crippen LogP contribution in [0.1, 0.15) is 20.3 Å². The van der Waals surface area contributed by atoms with Gasteiger partial charge in [-0.15, -0.1) is 0 Å². The zero-order chi connectivity index (χ0) is 12.8. The lowest BCUT2D eigenvalue weighted by atomic mass is 10.0. The highest BCUT2D eigenvalue weighted by atomic mass is 16.2. The Kier molecular flexibility index (Phi) is 5.15. The molecule has 0 aliphatic carbocycles. The van der Waals surface area contributed by atoms with Crippen LogP contribution in [-0.4, -0.2) is 49.9 Å². The second kappa shape index (κ2) is 6.39. The molecule has 2 amide bonds. The van der Waals surface area contributed by atoms with E-state index in [0.717, 1.165) is 30.7 Å². The summed E-state index contributed by atoms with van der Waals surface area (Å²) in [6.45, 7) is 6.16. The van der Waals surface area contributed by atoms with Gasteiger partial charge in [0.05, 0.1) is 6.54 Å². The van der Waals surface area contributed by atoms with E-state index in [1.807, 2.05) is 13.8 Å². The van der Waals surface area contributed by atoms with Crippen LogP contribution in [0.25, 0.3) is 0 Å². The molecule has 1 fully saturated rings. The van der Waals surface area contributed by atoms with Gasteiger partial charge >= 0.3 is 0 Å². The number of nitrogens with one attached hydrogen (secondary N) is 2. The average Bonchev–Trinajstić information content (AvgIpc) is 2.22. The van der Waals surface area contributed by atoms with Gasteiger partial charge in [-0.1, -0.05) is 6.92 Å². The predicted octanol–water partition coefficient (Wildman–Crippen LogP) is -0.109. The molecular formula is C12H21N3O2. The van der Waals surface area contributed by atoms with Crippen LogP contribution in [0, 0.1) is 0 Å². The monoisotopic (exact) mass is 239 g/mol.